The molecule has 1 aliphatic heterocycles. The van der Waals surface area contributed by atoms with Crippen LogP contribution in [-0.4, -0.2) is 47.4 Å². The average Bonchev–Trinajstić information content (AvgIpc) is 2.93. The van der Waals surface area contributed by atoms with E-state index >= 15 is 0 Å². The van der Waals surface area contributed by atoms with E-state index < -0.39 is 14.9 Å². The molecule has 0 N–H and O–H groups in total. The molecule has 3 aromatic carbocycles. The molecule has 0 unspecified atom stereocenters. The minimum atomic E-state index is -3.87. The fourth-order valence-corrected chi connectivity index (χ4v) is 6.93. The van der Waals surface area contributed by atoms with E-state index in [1.165, 1.54) is 28.1 Å². The summed E-state index contributed by atoms with van der Waals surface area (Å²) in [7, 11) is -2.35. The van der Waals surface area contributed by atoms with Crippen LogP contribution < -0.4 is 10.3 Å². The number of nitro groups is 1. The lowest BCUT2D eigenvalue weighted by atomic mass is 10.2. The van der Waals surface area contributed by atoms with Crippen molar-refractivity contribution >= 4 is 38.4 Å². The van der Waals surface area contributed by atoms with Crippen LogP contribution in [0.25, 0.3) is 16.6 Å². The maximum atomic E-state index is 13.6. The largest absolute Gasteiger partial charge is 0.497 e. The second-order valence-corrected chi connectivity index (χ2v) is 11.7. The summed E-state index contributed by atoms with van der Waals surface area (Å²) in [6.07, 6.45) is 2.46. The number of ether oxygens (including phenoxy) is 1. The van der Waals surface area contributed by atoms with E-state index in [2.05, 4.69) is 4.98 Å². The molecule has 196 valence electrons. The van der Waals surface area contributed by atoms with Crippen molar-refractivity contribution in [3.8, 4) is 11.4 Å². The van der Waals surface area contributed by atoms with E-state index in [1.807, 2.05) is 0 Å². The summed E-state index contributed by atoms with van der Waals surface area (Å²) in [4.78, 5) is 29.7. The molecular weight excluding hydrogens is 528 g/mol. The third kappa shape index (κ3) is 4.89. The molecule has 0 atom stereocenters. The topological polar surface area (TPSA) is 125 Å². The lowest BCUT2D eigenvalue weighted by molar-refractivity contribution is -0.388. The molecule has 0 spiro atoms. The number of methoxy groups -OCH3 is 1. The summed E-state index contributed by atoms with van der Waals surface area (Å²) < 4.78 is 34.4. The van der Waals surface area contributed by atoms with Crippen LogP contribution in [0.4, 0.5) is 5.69 Å². The van der Waals surface area contributed by atoms with Crippen LogP contribution >= 0.6 is 11.8 Å². The molecule has 4 aromatic rings. The Labute approximate surface area is 223 Å². The van der Waals surface area contributed by atoms with Crippen molar-refractivity contribution in [2.75, 3.05) is 20.2 Å². The van der Waals surface area contributed by atoms with Crippen LogP contribution in [0, 0.1) is 10.1 Å². The third-order valence-electron chi connectivity index (χ3n) is 6.34. The molecule has 0 amide bonds. The molecule has 0 bridgehead atoms. The quantitative estimate of drug-likeness (QED) is 0.185. The smallest absolute Gasteiger partial charge is 0.284 e. The van der Waals surface area contributed by atoms with Crippen molar-refractivity contribution in [1.82, 2.24) is 13.9 Å². The number of para-hydroxylation sites is 1. The van der Waals surface area contributed by atoms with Crippen LogP contribution in [0.3, 0.4) is 0 Å². The fourth-order valence-electron chi connectivity index (χ4n) is 4.40. The van der Waals surface area contributed by atoms with Crippen molar-refractivity contribution in [3.05, 3.63) is 87.2 Å². The van der Waals surface area contributed by atoms with Gasteiger partial charge in [-0.15, -0.1) is 0 Å². The molecule has 10 nitrogen and oxygen atoms in total. The Hall–Kier alpha value is -3.74. The van der Waals surface area contributed by atoms with Gasteiger partial charge in [0.25, 0.3) is 11.2 Å². The van der Waals surface area contributed by atoms with Gasteiger partial charge >= 0.3 is 0 Å². The monoisotopic (exact) mass is 552 g/mol. The minimum Gasteiger partial charge on any atom is -0.497 e. The molecule has 1 aliphatic rings. The highest BCUT2D eigenvalue weighted by Crippen LogP contribution is 2.37. The van der Waals surface area contributed by atoms with E-state index in [4.69, 9.17) is 4.74 Å². The van der Waals surface area contributed by atoms with Crippen LogP contribution in [0.15, 0.2) is 86.5 Å². The zero-order valence-electron chi connectivity index (χ0n) is 20.4. The molecule has 12 heteroatoms. The van der Waals surface area contributed by atoms with E-state index in [9.17, 15) is 23.3 Å². The highest BCUT2D eigenvalue weighted by Gasteiger charge is 2.29. The molecule has 5 rings (SSSR count). The molecular formula is C26H24N4O6S2. The SMILES string of the molecule is COc1cccc(-n2c(Sc3ccc(S(=O)(=O)N4CCCCC4)cc3[N+](=O)[O-])nc3ccccc3c2=O)c1. The number of benzene rings is 3. The van der Waals surface area contributed by atoms with Crippen LogP contribution in [0.2, 0.25) is 0 Å². The van der Waals surface area contributed by atoms with Gasteiger partial charge in [-0.2, -0.15) is 4.31 Å². The first kappa shape index (κ1) is 25.9. The molecule has 38 heavy (non-hydrogen) atoms. The number of aromatic nitrogens is 2. The number of hydrogen-bond donors (Lipinski definition) is 0. The average molecular weight is 553 g/mol. The first-order chi connectivity index (χ1) is 18.3. The second-order valence-electron chi connectivity index (χ2n) is 8.71. The maximum absolute atomic E-state index is 13.6. The van der Waals surface area contributed by atoms with E-state index in [0.29, 0.717) is 35.4 Å². The molecule has 0 aliphatic carbocycles. The number of nitro benzene ring substituents is 1. The van der Waals surface area contributed by atoms with Crippen molar-refractivity contribution < 1.29 is 18.1 Å². The normalized spacial score (nSPS) is 14.4. The predicted molar refractivity (Wildman–Crippen MR) is 144 cm³/mol. The van der Waals surface area contributed by atoms with Crippen molar-refractivity contribution in [2.45, 2.75) is 34.2 Å². The highest BCUT2D eigenvalue weighted by molar-refractivity contribution is 7.99. The lowest BCUT2D eigenvalue weighted by Gasteiger charge is -2.25. The van der Waals surface area contributed by atoms with Gasteiger partial charge in [0.15, 0.2) is 5.16 Å². The Bertz CT molecular complexity index is 1700. The number of piperidine rings is 1. The summed E-state index contributed by atoms with van der Waals surface area (Å²) in [6.45, 7) is 0.779. The van der Waals surface area contributed by atoms with Gasteiger partial charge in [0.1, 0.15) is 5.75 Å². The third-order valence-corrected chi connectivity index (χ3v) is 9.25. The number of nitrogens with zero attached hydrogens (tertiary/aromatic N) is 4. The van der Waals surface area contributed by atoms with Gasteiger partial charge in [0, 0.05) is 25.2 Å². The number of rotatable bonds is 7. The first-order valence-corrected chi connectivity index (χ1v) is 14.2. The van der Waals surface area contributed by atoms with Gasteiger partial charge < -0.3 is 4.74 Å². The van der Waals surface area contributed by atoms with Gasteiger partial charge in [-0.25, -0.2) is 13.4 Å². The molecule has 0 radical (unpaired) electrons. The molecule has 0 saturated carbocycles. The van der Waals surface area contributed by atoms with Crippen molar-refractivity contribution in [2.24, 2.45) is 0 Å². The van der Waals surface area contributed by atoms with E-state index in [1.54, 1.807) is 48.5 Å². The van der Waals surface area contributed by atoms with Gasteiger partial charge in [-0.05, 0) is 61.0 Å². The van der Waals surface area contributed by atoms with Crippen molar-refractivity contribution in [3.63, 3.8) is 0 Å². The standard InChI is InChI=1S/C26H24N4O6S2/c1-36-19-9-7-8-18(16-19)29-25(31)21-10-3-4-11-22(21)27-26(29)37-24-13-12-20(17-23(24)30(32)33)38(34,35)28-14-5-2-6-15-28/h3-4,7-13,16-17H,2,5-6,14-15H2,1H3. The van der Waals surface area contributed by atoms with Gasteiger partial charge in [0.2, 0.25) is 10.0 Å². The number of fused-ring (bicyclic) bond motifs is 1. The Morgan fingerprint density at radius 2 is 1.76 bits per heavy atom. The zero-order valence-corrected chi connectivity index (χ0v) is 22.1. The number of hydrogen-bond acceptors (Lipinski definition) is 8. The van der Waals surface area contributed by atoms with Gasteiger partial charge in [-0.1, -0.05) is 24.6 Å². The predicted octanol–water partition coefficient (Wildman–Crippen LogP) is 4.63. The lowest BCUT2D eigenvalue weighted by Crippen LogP contribution is -2.35. The van der Waals surface area contributed by atoms with Crippen LogP contribution in [-0.2, 0) is 10.0 Å². The van der Waals surface area contributed by atoms with Crippen LogP contribution in [0.1, 0.15) is 19.3 Å². The maximum Gasteiger partial charge on any atom is 0.284 e. The summed E-state index contributed by atoms with van der Waals surface area (Å²) in [6, 6.07) is 17.6. The highest BCUT2D eigenvalue weighted by atomic mass is 32.2. The summed E-state index contributed by atoms with van der Waals surface area (Å²) in [5.74, 6) is 0.525. The van der Waals surface area contributed by atoms with Gasteiger partial charge in [0.05, 0.1) is 38.4 Å². The molecule has 1 aromatic heterocycles. The molecule has 1 fully saturated rings. The summed E-state index contributed by atoms with van der Waals surface area (Å²) >= 11 is 0.922. The Morgan fingerprint density at radius 3 is 2.50 bits per heavy atom. The Morgan fingerprint density at radius 1 is 1.00 bits per heavy atom. The second kappa shape index (κ2) is 10.6. The fraction of sp³-hybridized carbons (Fsp3) is 0.231. The number of sulfonamides is 1. The Balaban J connectivity index is 1.64. The van der Waals surface area contributed by atoms with Gasteiger partial charge in [-0.3, -0.25) is 19.5 Å². The molecule has 1 saturated heterocycles. The molecule has 2 heterocycles. The van der Waals surface area contributed by atoms with Crippen LogP contribution in [0.5, 0.6) is 5.75 Å². The van der Waals surface area contributed by atoms with E-state index in [0.717, 1.165) is 37.1 Å². The van der Waals surface area contributed by atoms with E-state index in [-0.39, 0.29) is 26.2 Å². The first-order valence-electron chi connectivity index (χ1n) is 11.9. The minimum absolute atomic E-state index is 0.132. The Kier molecular flexibility index (Phi) is 7.19. The summed E-state index contributed by atoms with van der Waals surface area (Å²) in [5.41, 5.74) is 0.180. The van der Waals surface area contributed by atoms with Crippen molar-refractivity contribution in [1.29, 1.82) is 0 Å². The zero-order chi connectivity index (χ0) is 26.9. The summed E-state index contributed by atoms with van der Waals surface area (Å²) in [5, 5.41) is 12.6.